The van der Waals surface area contributed by atoms with Gasteiger partial charge in [0.05, 0.1) is 22.4 Å². The Morgan fingerprint density at radius 1 is 1.16 bits per heavy atom. The first-order chi connectivity index (χ1) is 18.2. The maximum atomic E-state index is 13.9. The van der Waals surface area contributed by atoms with Gasteiger partial charge in [0.2, 0.25) is 0 Å². The van der Waals surface area contributed by atoms with E-state index in [2.05, 4.69) is 31.6 Å². The van der Waals surface area contributed by atoms with Crippen LogP contribution >= 0.6 is 38.9 Å². The SMILES string of the molecule is CCOC(=O)C1=C(C)N=c2s/c(=C\c3cc(C)n(-c4ccc(Br)cc4)c3C)c(=O)n2[C@@H]1c1ccccc1Cl. The van der Waals surface area contributed by atoms with E-state index in [4.69, 9.17) is 16.3 Å². The van der Waals surface area contributed by atoms with Crippen molar-refractivity contribution in [1.29, 1.82) is 0 Å². The predicted octanol–water partition coefficient (Wildman–Crippen LogP) is 5.62. The number of fused-ring (bicyclic) bond motifs is 1. The molecule has 2 aromatic heterocycles. The number of aromatic nitrogens is 2. The third-order valence-electron chi connectivity index (χ3n) is 6.56. The number of benzene rings is 2. The fraction of sp³-hybridized carbons (Fsp3) is 0.207. The van der Waals surface area contributed by atoms with Gasteiger partial charge in [-0.15, -0.1) is 0 Å². The van der Waals surface area contributed by atoms with Gasteiger partial charge in [-0.05, 0) is 81.3 Å². The highest BCUT2D eigenvalue weighted by molar-refractivity contribution is 9.10. The van der Waals surface area contributed by atoms with Gasteiger partial charge >= 0.3 is 5.97 Å². The second-order valence-electron chi connectivity index (χ2n) is 8.96. The van der Waals surface area contributed by atoms with Crippen molar-refractivity contribution in [3.63, 3.8) is 0 Å². The Hall–Kier alpha value is -3.20. The zero-order valence-electron chi connectivity index (χ0n) is 21.3. The van der Waals surface area contributed by atoms with Gasteiger partial charge in [0.15, 0.2) is 4.80 Å². The van der Waals surface area contributed by atoms with Crippen LogP contribution in [0.2, 0.25) is 5.02 Å². The standard InChI is InChI=1S/C29H25BrClN3O3S/c1-5-37-28(36)25-17(3)32-29-34(26(25)22-8-6-7-9-23(22)31)27(35)24(38-29)15-19-14-16(2)33(18(19)4)21-12-10-20(30)11-13-21/h6-15,26H,5H2,1-4H3/b24-15-/t26-/m1/s1. The van der Waals surface area contributed by atoms with E-state index in [1.807, 2.05) is 62.4 Å². The molecule has 2 aromatic carbocycles. The molecule has 0 bridgehead atoms. The number of thiazole rings is 1. The van der Waals surface area contributed by atoms with E-state index in [0.29, 0.717) is 31.2 Å². The molecule has 0 amide bonds. The van der Waals surface area contributed by atoms with E-state index >= 15 is 0 Å². The molecule has 0 radical (unpaired) electrons. The van der Waals surface area contributed by atoms with Gasteiger partial charge in [-0.1, -0.05) is 57.1 Å². The Morgan fingerprint density at radius 2 is 1.87 bits per heavy atom. The number of aryl methyl sites for hydroxylation is 1. The molecule has 0 unspecified atom stereocenters. The number of hydrogen-bond acceptors (Lipinski definition) is 5. The van der Waals surface area contributed by atoms with Gasteiger partial charge in [0.1, 0.15) is 6.04 Å². The molecule has 1 aliphatic heterocycles. The number of esters is 1. The van der Waals surface area contributed by atoms with Gasteiger partial charge in [-0.2, -0.15) is 0 Å². The highest BCUT2D eigenvalue weighted by Gasteiger charge is 2.34. The number of carbonyl (C=O) groups excluding carboxylic acids is 1. The maximum Gasteiger partial charge on any atom is 0.338 e. The molecule has 6 nitrogen and oxygen atoms in total. The molecule has 0 N–H and O–H groups in total. The summed E-state index contributed by atoms with van der Waals surface area (Å²) >= 11 is 11.4. The fourth-order valence-electron chi connectivity index (χ4n) is 4.85. The Balaban J connectivity index is 1.70. The minimum atomic E-state index is -0.739. The first-order valence-corrected chi connectivity index (χ1v) is 14.1. The van der Waals surface area contributed by atoms with Crippen molar-refractivity contribution >= 4 is 50.9 Å². The lowest BCUT2D eigenvalue weighted by molar-refractivity contribution is -0.139. The minimum absolute atomic E-state index is 0.212. The summed E-state index contributed by atoms with van der Waals surface area (Å²) in [5.41, 5.74) is 5.28. The first-order valence-electron chi connectivity index (χ1n) is 12.1. The number of hydrogen-bond donors (Lipinski definition) is 0. The van der Waals surface area contributed by atoms with Crippen LogP contribution in [0.3, 0.4) is 0 Å². The molecular formula is C29H25BrClN3O3S. The van der Waals surface area contributed by atoms with Gasteiger partial charge in [0, 0.05) is 26.6 Å². The van der Waals surface area contributed by atoms with E-state index in [1.54, 1.807) is 24.5 Å². The van der Waals surface area contributed by atoms with Crippen LogP contribution < -0.4 is 14.9 Å². The maximum absolute atomic E-state index is 13.9. The summed E-state index contributed by atoms with van der Waals surface area (Å²) in [6, 6.07) is 16.7. The molecule has 9 heteroatoms. The molecule has 194 valence electrons. The number of nitrogens with zero attached hydrogens (tertiary/aromatic N) is 3. The topological polar surface area (TPSA) is 65.6 Å². The second kappa shape index (κ2) is 10.5. The van der Waals surface area contributed by atoms with Crippen molar-refractivity contribution in [3.05, 3.63) is 118 Å². The highest BCUT2D eigenvalue weighted by Crippen LogP contribution is 2.34. The molecule has 4 aromatic rings. The summed E-state index contributed by atoms with van der Waals surface area (Å²) in [6.45, 7) is 7.80. The molecule has 0 fully saturated rings. The molecule has 0 saturated heterocycles. The molecule has 0 saturated carbocycles. The molecule has 0 spiro atoms. The van der Waals surface area contributed by atoms with Crippen LogP contribution in [-0.2, 0) is 9.53 Å². The summed E-state index contributed by atoms with van der Waals surface area (Å²) < 4.78 is 10.6. The van der Waals surface area contributed by atoms with Crippen LogP contribution in [0.25, 0.3) is 11.8 Å². The Bertz CT molecular complexity index is 1780. The molecule has 1 aliphatic rings. The fourth-order valence-corrected chi connectivity index (χ4v) is 6.39. The van der Waals surface area contributed by atoms with Gasteiger partial charge < -0.3 is 9.30 Å². The van der Waals surface area contributed by atoms with E-state index in [0.717, 1.165) is 27.1 Å². The van der Waals surface area contributed by atoms with Gasteiger partial charge in [-0.25, -0.2) is 9.79 Å². The lowest BCUT2D eigenvalue weighted by Gasteiger charge is -2.25. The summed E-state index contributed by atoms with van der Waals surface area (Å²) in [4.78, 5) is 32.1. The number of ether oxygens (including phenoxy) is 1. The third-order valence-corrected chi connectivity index (χ3v) is 8.41. The van der Waals surface area contributed by atoms with Crippen LogP contribution in [0.1, 0.15) is 42.4 Å². The van der Waals surface area contributed by atoms with Gasteiger partial charge in [-0.3, -0.25) is 9.36 Å². The highest BCUT2D eigenvalue weighted by atomic mass is 79.9. The lowest BCUT2D eigenvalue weighted by Crippen LogP contribution is -2.40. The molecule has 1 atom stereocenters. The number of allylic oxidation sites excluding steroid dienone is 1. The molecule has 5 rings (SSSR count). The smallest absolute Gasteiger partial charge is 0.338 e. The zero-order valence-corrected chi connectivity index (χ0v) is 24.4. The second-order valence-corrected chi connectivity index (χ2v) is 11.3. The molecule has 0 aliphatic carbocycles. The van der Waals surface area contributed by atoms with E-state index < -0.39 is 12.0 Å². The van der Waals surface area contributed by atoms with Crippen LogP contribution in [0.15, 0.2) is 80.1 Å². The summed E-state index contributed by atoms with van der Waals surface area (Å²) in [5.74, 6) is -0.508. The van der Waals surface area contributed by atoms with Crippen LogP contribution in [0.5, 0.6) is 0 Å². The van der Waals surface area contributed by atoms with Crippen molar-refractivity contribution in [3.8, 4) is 5.69 Å². The van der Waals surface area contributed by atoms with Crippen molar-refractivity contribution in [1.82, 2.24) is 9.13 Å². The zero-order chi connectivity index (χ0) is 27.1. The predicted molar refractivity (Wildman–Crippen MR) is 155 cm³/mol. The minimum Gasteiger partial charge on any atom is -0.463 e. The largest absolute Gasteiger partial charge is 0.463 e. The average Bonchev–Trinajstić information content (AvgIpc) is 3.33. The number of carbonyl (C=O) groups is 1. The number of halogens is 2. The van der Waals surface area contributed by atoms with Crippen molar-refractivity contribution in [2.24, 2.45) is 4.99 Å². The van der Waals surface area contributed by atoms with Crippen LogP contribution in [0.4, 0.5) is 0 Å². The molecule has 38 heavy (non-hydrogen) atoms. The third kappa shape index (κ3) is 4.61. The van der Waals surface area contributed by atoms with E-state index in [9.17, 15) is 9.59 Å². The Morgan fingerprint density at radius 3 is 2.55 bits per heavy atom. The quantitative estimate of drug-likeness (QED) is 0.276. The summed E-state index contributed by atoms with van der Waals surface area (Å²) in [7, 11) is 0. The average molecular weight is 611 g/mol. The lowest BCUT2D eigenvalue weighted by atomic mass is 9.96. The van der Waals surface area contributed by atoms with Crippen LogP contribution in [0, 0.1) is 13.8 Å². The summed E-state index contributed by atoms with van der Waals surface area (Å²) in [5, 5.41) is 0.460. The summed E-state index contributed by atoms with van der Waals surface area (Å²) in [6.07, 6.45) is 1.90. The first kappa shape index (κ1) is 26.4. The molecular weight excluding hydrogens is 586 g/mol. The van der Waals surface area contributed by atoms with Crippen molar-refractivity contribution < 1.29 is 9.53 Å². The number of rotatable bonds is 5. The van der Waals surface area contributed by atoms with E-state index in [-0.39, 0.29) is 12.2 Å². The van der Waals surface area contributed by atoms with Gasteiger partial charge in [0.25, 0.3) is 5.56 Å². The van der Waals surface area contributed by atoms with Crippen LogP contribution in [-0.4, -0.2) is 21.7 Å². The van der Waals surface area contributed by atoms with Crippen molar-refractivity contribution in [2.75, 3.05) is 6.61 Å². The Kier molecular flexibility index (Phi) is 7.31. The van der Waals surface area contributed by atoms with Crippen molar-refractivity contribution in [2.45, 2.75) is 33.7 Å². The van der Waals surface area contributed by atoms with E-state index in [1.165, 1.54) is 11.3 Å². The Labute approximate surface area is 237 Å². The normalized spacial score (nSPS) is 15.4. The molecule has 3 heterocycles. The monoisotopic (exact) mass is 609 g/mol.